The topological polar surface area (TPSA) is 105 Å². The van der Waals surface area contributed by atoms with Crippen molar-refractivity contribution in [2.24, 2.45) is 5.84 Å². The van der Waals surface area contributed by atoms with Gasteiger partial charge in [-0.05, 0) is 0 Å². The van der Waals surface area contributed by atoms with Crippen molar-refractivity contribution in [3.8, 4) is 0 Å². The van der Waals surface area contributed by atoms with E-state index in [0.29, 0.717) is 6.61 Å². The van der Waals surface area contributed by atoms with Gasteiger partial charge in [-0.1, -0.05) is 0 Å². The van der Waals surface area contributed by atoms with Gasteiger partial charge in [-0.2, -0.15) is 0 Å². The number of hydrogen-bond donors (Lipinski definition) is 3. The molecule has 7 nitrogen and oxygen atoms in total. The number of carbonyl (C=O) groups is 2. The van der Waals surface area contributed by atoms with Crippen LogP contribution in [0.15, 0.2) is 0 Å². The van der Waals surface area contributed by atoms with Crippen LogP contribution in [0, 0.1) is 0 Å². The third-order valence-electron chi connectivity index (χ3n) is 2.02. The van der Waals surface area contributed by atoms with E-state index in [0.717, 1.165) is 0 Å². The second kappa shape index (κ2) is 4.89. The van der Waals surface area contributed by atoms with E-state index in [4.69, 9.17) is 15.7 Å². The highest BCUT2D eigenvalue weighted by Gasteiger charge is 2.30. The summed E-state index contributed by atoms with van der Waals surface area (Å²) in [6, 6.07) is -0.464. The first kappa shape index (κ1) is 10.9. The summed E-state index contributed by atoms with van der Waals surface area (Å²) in [6.45, 7) is 0.654. The fourth-order valence-electron chi connectivity index (χ4n) is 1.27. The van der Waals surface area contributed by atoms with Crippen molar-refractivity contribution in [3.05, 3.63) is 0 Å². The number of aliphatic hydroxyl groups is 1. The zero-order valence-corrected chi connectivity index (χ0v) is 7.60. The quantitative estimate of drug-likeness (QED) is 0.185. The first-order valence-corrected chi connectivity index (χ1v) is 4.21. The average molecular weight is 203 g/mol. The fraction of sp³-hybridized carbons (Fsp3) is 0.714. The standard InChI is InChI=1S/C7H13N3O4/c8-9-6(12)7(13)10-1-2-14-4-5(10)3-11/h5,11H,1-4,8H2,(H,9,12). The maximum absolute atomic E-state index is 11.4. The van der Waals surface area contributed by atoms with Crippen LogP contribution in [0.25, 0.3) is 0 Å². The number of nitrogens with one attached hydrogen (secondary N) is 1. The molecule has 1 rings (SSSR count). The average Bonchev–Trinajstić information content (AvgIpc) is 2.26. The van der Waals surface area contributed by atoms with Gasteiger partial charge < -0.3 is 14.7 Å². The number of rotatable bonds is 1. The first-order valence-electron chi connectivity index (χ1n) is 4.21. The molecule has 0 radical (unpaired) electrons. The lowest BCUT2D eigenvalue weighted by atomic mass is 10.2. The van der Waals surface area contributed by atoms with Gasteiger partial charge in [0.1, 0.15) is 0 Å². The van der Waals surface area contributed by atoms with Gasteiger partial charge in [0.05, 0.1) is 25.9 Å². The van der Waals surface area contributed by atoms with Crippen molar-refractivity contribution in [3.63, 3.8) is 0 Å². The number of nitrogens with zero attached hydrogens (tertiary/aromatic N) is 1. The zero-order chi connectivity index (χ0) is 10.6. The number of carbonyl (C=O) groups excluding carboxylic acids is 2. The van der Waals surface area contributed by atoms with E-state index in [1.165, 1.54) is 4.90 Å². The summed E-state index contributed by atoms with van der Waals surface area (Å²) < 4.78 is 5.05. The summed E-state index contributed by atoms with van der Waals surface area (Å²) in [5.74, 6) is 3.20. The molecular formula is C7H13N3O4. The molecular weight excluding hydrogens is 190 g/mol. The molecule has 1 aliphatic rings. The third-order valence-corrected chi connectivity index (χ3v) is 2.02. The maximum atomic E-state index is 11.4. The minimum Gasteiger partial charge on any atom is -0.394 e. The molecule has 2 amide bonds. The molecule has 0 saturated carbocycles. The molecule has 1 unspecified atom stereocenters. The van der Waals surface area contributed by atoms with Gasteiger partial charge in [0, 0.05) is 6.54 Å². The van der Waals surface area contributed by atoms with Crippen LogP contribution in [0.2, 0.25) is 0 Å². The molecule has 0 bridgehead atoms. The Kier molecular flexibility index (Phi) is 3.81. The number of amides is 2. The Hall–Kier alpha value is -1.18. The van der Waals surface area contributed by atoms with Gasteiger partial charge in [-0.15, -0.1) is 0 Å². The summed E-state index contributed by atoms with van der Waals surface area (Å²) in [6.07, 6.45) is 0. The molecule has 0 aliphatic carbocycles. The van der Waals surface area contributed by atoms with Crippen molar-refractivity contribution in [1.82, 2.24) is 10.3 Å². The van der Waals surface area contributed by atoms with Crippen molar-refractivity contribution in [2.45, 2.75) is 6.04 Å². The van der Waals surface area contributed by atoms with Gasteiger partial charge in [-0.25, -0.2) is 5.84 Å². The monoisotopic (exact) mass is 203 g/mol. The van der Waals surface area contributed by atoms with E-state index in [1.54, 1.807) is 5.43 Å². The van der Waals surface area contributed by atoms with Gasteiger partial charge >= 0.3 is 11.8 Å². The summed E-state index contributed by atoms with van der Waals surface area (Å²) in [5, 5.41) is 8.93. The van der Waals surface area contributed by atoms with Crippen LogP contribution in [0.3, 0.4) is 0 Å². The molecule has 80 valence electrons. The van der Waals surface area contributed by atoms with Gasteiger partial charge in [0.25, 0.3) is 0 Å². The summed E-state index contributed by atoms with van der Waals surface area (Å²) in [5.41, 5.74) is 1.75. The highest BCUT2D eigenvalue weighted by atomic mass is 16.5. The predicted molar refractivity (Wildman–Crippen MR) is 45.7 cm³/mol. The fourth-order valence-corrected chi connectivity index (χ4v) is 1.27. The number of hydrazine groups is 1. The molecule has 4 N–H and O–H groups in total. The SMILES string of the molecule is NNC(=O)C(=O)N1CCOCC1CO. The van der Waals surface area contributed by atoms with Crippen molar-refractivity contribution in [2.75, 3.05) is 26.4 Å². The van der Waals surface area contributed by atoms with Crippen LogP contribution < -0.4 is 11.3 Å². The highest BCUT2D eigenvalue weighted by molar-refractivity contribution is 6.34. The van der Waals surface area contributed by atoms with Crippen LogP contribution in [-0.4, -0.2) is 54.2 Å². The predicted octanol–water partition coefficient (Wildman–Crippen LogP) is -2.80. The molecule has 0 aromatic rings. The first-order chi connectivity index (χ1) is 6.70. The van der Waals surface area contributed by atoms with Crippen molar-refractivity contribution >= 4 is 11.8 Å². The Labute approximate surface area is 80.8 Å². The van der Waals surface area contributed by atoms with Crippen LogP contribution in [-0.2, 0) is 14.3 Å². The van der Waals surface area contributed by atoms with Gasteiger partial charge in [0.15, 0.2) is 0 Å². The lowest BCUT2D eigenvalue weighted by molar-refractivity contribution is -0.152. The van der Waals surface area contributed by atoms with E-state index in [-0.39, 0.29) is 19.8 Å². The van der Waals surface area contributed by atoms with Crippen LogP contribution in [0.5, 0.6) is 0 Å². The summed E-state index contributed by atoms with van der Waals surface area (Å²) in [7, 11) is 0. The van der Waals surface area contributed by atoms with E-state index in [9.17, 15) is 9.59 Å². The Balaban J connectivity index is 2.63. The van der Waals surface area contributed by atoms with Crippen molar-refractivity contribution < 1.29 is 19.4 Å². The maximum Gasteiger partial charge on any atom is 0.323 e. The normalized spacial score (nSPS) is 21.9. The van der Waals surface area contributed by atoms with Crippen LogP contribution in [0.4, 0.5) is 0 Å². The smallest absolute Gasteiger partial charge is 0.323 e. The number of hydrogen-bond acceptors (Lipinski definition) is 5. The summed E-state index contributed by atoms with van der Waals surface area (Å²) in [4.78, 5) is 23.5. The minimum atomic E-state index is -0.884. The lowest BCUT2D eigenvalue weighted by Crippen LogP contribution is -2.55. The Morgan fingerprint density at radius 3 is 2.93 bits per heavy atom. The second-order valence-corrected chi connectivity index (χ2v) is 2.88. The Bertz CT molecular complexity index is 233. The number of ether oxygens (including phenoxy) is 1. The van der Waals surface area contributed by atoms with Gasteiger partial charge in [0.2, 0.25) is 0 Å². The molecule has 0 aromatic heterocycles. The van der Waals surface area contributed by atoms with E-state index in [1.807, 2.05) is 0 Å². The molecule has 14 heavy (non-hydrogen) atoms. The molecule has 7 heteroatoms. The summed E-state index contributed by atoms with van der Waals surface area (Å²) >= 11 is 0. The third kappa shape index (κ3) is 2.19. The molecule has 1 atom stereocenters. The molecule has 1 heterocycles. The largest absolute Gasteiger partial charge is 0.394 e. The Morgan fingerprint density at radius 1 is 1.64 bits per heavy atom. The number of aliphatic hydroxyl groups excluding tert-OH is 1. The van der Waals surface area contributed by atoms with Crippen LogP contribution >= 0.6 is 0 Å². The van der Waals surface area contributed by atoms with Crippen LogP contribution in [0.1, 0.15) is 0 Å². The molecule has 1 fully saturated rings. The number of nitrogens with two attached hydrogens (primary N) is 1. The Morgan fingerprint density at radius 2 is 2.36 bits per heavy atom. The van der Waals surface area contributed by atoms with E-state index < -0.39 is 17.9 Å². The highest BCUT2D eigenvalue weighted by Crippen LogP contribution is 2.06. The number of morpholine rings is 1. The van der Waals surface area contributed by atoms with E-state index in [2.05, 4.69) is 0 Å². The van der Waals surface area contributed by atoms with E-state index >= 15 is 0 Å². The molecule has 0 aromatic carbocycles. The zero-order valence-electron chi connectivity index (χ0n) is 7.60. The molecule has 1 aliphatic heterocycles. The molecule has 1 saturated heterocycles. The minimum absolute atomic E-state index is 0.233. The second-order valence-electron chi connectivity index (χ2n) is 2.88. The lowest BCUT2D eigenvalue weighted by Gasteiger charge is -2.33. The molecule has 0 spiro atoms. The van der Waals surface area contributed by atoms with Gasteiger partial charge in [-0.3, -0.25) is 15.0 Å². The van der Waals surface area contributed by atoms with Crippen molar-refractivity contribution in [1.29, 1.82) is 0 Å².